The molecule has 0 radical (unpaired) electrons. The third-order valence-corrected chi connectivity index (χ3v) is 3.27. The summed E-state index contributed by atoms with van der Waals surface area (Å²) >= 11 is 0. The quantitative estimate of drug-likeness (QED) is 0.574. The van der Waals surface area contributed by atoms with Gasteiger partial charge in [0.1, 0.15) is 0 Å². The zero-order valence-corrected chi connectivity index (χ0v) is 8.87. The van der Waals surface area contributed by atoms with Crippen molar-refractivity contribution in [3.8, 4) is 6.07 Å². The van der Waals surface area contributed by atoms with Gasteiger partial charge >= 0.3 is 5.97 Å². The maximum Gasteiger partial charge on any atom is 0.322 e. The Morgan fingerprint density at radius 3 is 2.57 bits per heavy atom. The van der Waals surface area contributed by atoms with Gasteiger partial charge < -0.3 is 4.74 Å². The summed E-state index contributed by atoms with van der Waals surface area (Å²) in [6, 6.07) is 1.82. The normalized spacial score (nSPS) is 11.0. The van der Waals surface area contributed by atoms with Crippen molar-refractivity contribution in [2.75, 3.05) is 26.5 Å². The van der Waals surface area contributed by atoms with Crippen LogP contribution in [-0.2, 0) is 19.6 Å². The topological polar surface area (TPSA) is 87.5 Å². The summed E-state index contributed by atoms with van der Waals surface area (Å²) < 4.78 is 27.8. The maximum absolute atomic E-state index is 11.3. The van der Waals surface area contributed by atoms with E-state index in [1.807, 2.05) is 6.07 Å². The molecule has 0 amide bonds. The van der Waals surface area contributed by atoms with Gasteiger partial charge in [0.25, 0.3) is 0 Å². The highest BCUT2D eigenvalue weighted by Gasteiger charge is 2.21. The van der Waals surface area contributed by atoms with E-state index >= 15 is 0 Å². The van der Waals surface area contributed by atoms with Gasteiger partial charge in [0.2, 0.25) is 10.0 Å². The van der Waals surface area contributed by atoms with Gasteiger partial charge in [-0.3, -0.25) is 4.79 Å². The molecule has 0 spiro atoms. The standard InChI is InChI=1S/C7H12N2O4S/c1-9(5-3-4-8)14(11,12)6-7(10)13-2/h3,5-6H2,1-2H3. The molecule has 0 aliphatic rings. The number of esters is 1. The van der Waals surface area contributed by atoms with Crippen molar-refractivity contribution in [3.63, 3.8) is 0 Å². The van der Waals surface area contributed by atoms with Crippen molar-refractivity contribution in [1.82, 2.24) is 4.31 Å². The molecule has 14 heavy (non-hydrogen) atoms. The van der Waals surface area contributed by atoms with Crippen LogP contribution in [0.25, 0.3) is 0 Å². The molecule has 0 aromatic rings. The van der Waals surface area contributed by atoms with Crippen LogP contribution >= 0.6 is 0 Å². The molecular formula is C7H12N2O4S. The molecule has 0 aromatic heterocycles. The first kappa shape index (κ1) is 12.9. The molecule has 7 heteroatoms. The van der Waals surface area contributed by atoms with E-state index in [4.69, 9.17) is 5.26 Å². The number of ether oxygens (including phenoxy) is 1. The van der Waals surface area contributed by atoms with E-state index in [2.05, 4.69) is 4.74 Å². The SMILES string of the molecule is COC(=O)CS(=O)(=O)N(C)CCC#N. The second kappa shape index (κ2) is 5.57. The molecule has 0 saturated heterocycles. The first-order valence-electron chi connectivity index (χ1n) is 3.82. The van der Waals surface area contributed by atoms with Gasteiger partial charge in [-0.2, -0.15) is 5.26 Å². The smallest absolute Gasteiger partial charge is 0.322 e. The molecule has 6 nitrogen and oxygen atoms in total. The fourth-order valence-corrected chi connectivity index (χ4v) is 1.67. The second-order valence-electron chi connectivity index (χ2n) is 2.56. The lowest BCUT2D eigenvalue weighted by molar-refractivity contribution is -0.137. The molecule has 0 saturated carbocycles. The number of nitrogens with zero attached hydrogens (tertiary/aromatic N) is 2. The van der Waals surface area contributed by atoms with Gasteiger partial charge in [-0.15, -0.1) is 0 Å². The van der Waals surface area contributed by atoms with E-state index in [1.54, 1.807) is 0 Å². The van der Waals surface area contributed by atoms with Crippen LogP contribution in [0.5, 0.6) is 0 Å². The molecule has 0 fully saturated rings. The van der Waals surface area contributed by atoms with E-state index in [9.17, 15) is 13.2 Å². The number of nitriles is 1. The minimum atomic E-state index is -3.64. The number of sulfonamides is 1. The number of rotatable bonds is 5. The van der Waals surface area contributed by atoms with E-state index in [0.717, 1.165) is 11.4 Å². The first-order valence-corrected chi connectivity index (χ1v) is 5.42. The van der Waals surface area contributed by atoms with Gasteiger partial charge in [0.15, 0.2) is 5.75 Å². The lowest BCUT2D eigenvalue weighted by Crippen LogP contribution is -2.33. The predicted octanol–water partition coefficient (Wildman–Crippen LogP) is -0.665. The van der Waals surface area contributed by atoms with Crippen LogP contribution < -0.4 is 0 Å². The van der Waals surface area contributed by atoms with Crippen LogP contribution in [-0.4, -0.2) is 45.1 Å². The third-order valence-electron chi connectivity index (χ3n) is 1.54. The van der Waals surface area contributed by atoms with Crippen LogP contribution in [0.15, 0.2) is 0 Å². The number of hydrogen-bond acceptors (Lipinski definition) is 5. The molecule has 0 N–H and O–H groups in total. The summed E-state index contributed by atoms with van der Waals surface area (Å²) in [7, 11) is -1.20. The highest BCUT2D eigenvalue weighted by atomic mass is 32.2. The highest BCUT2D eigenvalue weighted by Crippen LogP contribution is 1.99. The van der Waals surface area contributed by atoms with Crippen LogP contribution in [0.3, 0.4) is 0 Å². The fraction of sp³-hybridized carbons (Fsp3) is 0.714. The zero-order chi connectivity index (χ0) is 11.2. The molecule has 0 aliphatic heterocycles. The van der Waals surface area contributed by atoms with Crippen molar-refractivity contribution in [2.24, 2.45) is 0 Å². The van der Waals surface area contributed by atoms with Crippen molar-refractivity contribution in [2.45, 2.75) is 6.42 Å². The maximum atomic E-state index is 11.3. The highest BCUT2D eigenvalue weighted by molar-refractivity contribution is 7.89. The largest absolute Gasteiger partial charge is 0.468 e. The minimum absolute atomic E-state index is 0.0792. The number of carbonyl (C=O) groups is 1. The van der Waals surface area contributed by atoms with Crippen molar-refractivity contribution in [3.05, 3.63) is 0 Å². The Morgan fingerprint density at radius 2 is 2.14 bits per heavy atom. The van der Waals surface area contributed by atoms with E-state index in [0.29, 0.717) is 0 Å². The summed E-state index contributed by atoms with van der Waals surface area (Å²) in [5.74, 6) is -1.50. The second-order valence-corrected chi connectivity index (χ2v) is 4.64. The van der Waals surface area contributed by atoms with Gasteiger partial charge in [-0.05, 0) is 0 Å². The molecular weight excluding hydrogens is 208 g/mol. The Kier molecular flexibility index (Phi) is 5.12. The van der Waals surface area contributed by atoms with E-state index in [-0.39, 0.29) is 13.0 Å². The lowest BCUT2D eigenvalue weighted by Gasteiger charge is -2.14. The minimum Gasteiger partial charge on any atom is -0.468 e. The Morgan fingerprint density at radius 1 is 1.57 bits per heavy atom. The molecule has 0 rings (SSSR count). The van der Waals surface area contributed by atoms with Crippen LogP contribution in [0.1, 0.15) is 6.42 Å². The average Bonchev–Trinajstić information content (AvgIpc) is 2.13. The predicted molar refractivity (Wildman–Crippen MR) is 48.7 cm³/mol. The Hall–Kier alpha value is -1.13. The molecule has 0 atom stereocenters. The lowest BCUT2D eigenvalue weighted by atomic mass is 10.5. The molecule has 80 valence electrons. The third kappa shape index (κ3) is 4.20. The number of methoxy groups -OCH3 is 1. The van der Waals surface area contributed by atoms with Gasteiger partial charge in [-0.1, -0.05) is 0 Å². The molecule has 0 heterocycles. The van der Waals surface area contributed by atoms with Crippen LogP contribution in [0, 0.1) is 11.3 Å². The molecule has 0 aliphatic carbocycles. The number of hydrogen-bond donors (Lipinski definition) is 0. The summed E-state index contributed by atoms with van der Waals surface area (Å²) in [5.41, 5.74) is 0. The van der Waals surface area contributed by atoms with E-state index < -0.39 is 21.7 Å². The summed E-state index contributed by atoms with van der Waals surface area (Å²) in [6.07, 6.45) is 0.0941. The van der Waals surface area contributed by atoms with Gasteiger partial charge in [-0.25, -0.2) is 12.7 Å². The van der Waals surface area contributed by atoms with Crippen LogP contribution in [0.2, 0.25) is 0 Å². The fourth-order valence-electron chi connectivity index (χ4n) is 0.665. The van der Waals surface area contributed by atoms with Gasteiger partial charge in [0.05, 0.1) is 13.2 Å². The van der Waals surface area contributed by atoms with Crippen LogP contribution in [0.4, 0.5) is 0 Å². The van der Waals surface area contributed by atoms with Crippen molar-refractivity contribution >= 4 is 16.0 Å². The molecule has 0 unspecified atom stereocenters. The van der Waals surface area contributed by atoms with Crippen molar-refractivity contribution in [1.29, 1.82) is 5.26 Å². The summed E-state index contributed by atoms with van der Waals surface area (Å²) in [4.78, 5) is 10.7. The van der Waals surface area contributed by atoms with Crippen molar-refractivity contribution < 1.29 is 17.9 Å². The Labute approximate surface area is 83.1 Å². The summed E-state index contributed by atoms with van der Waals surface area (Å²) in [5, 5.41) is 8.25. The monoisotopic (exact) mass is 220 g/mol. The molecule has 0 aromatic carbocycles. The Balaban J connectivity index is 4.33. The zero-order valence-electron chi connectivity index (χ0n) is 8.06. The summed E-state index contributed by atoms with van der Waals surface area (Å²) in [6.45, 7) is 0.0792. The molecule has 0 bridgehead atoms. The average molecular weight is 220 g/mol. The number of carbonyl (C=O) groups excluding carboxylic acids is 1. The van der Waals surface area contributed by atoms with E-state index in [1.165, 1.54) is 7.05 Å². The first-order chi connectivity index (χ1) is 6.44. The van der Waals surface area contributed by atoms with Gasteiger partial charge in [0, 0.05) is 20.0 Å². The Bertz CT molecular complexity index is 330.